The Kier molecular flexibility index (Phi) is 2.55. The van der Waals surface area contributed by atoms with Crippen molar-refractivity contribution in [3.05, 3.63) is 0 Å². The highest BCUT2D eigenvalue weighted by atomic mass is 16.2. The van der Waals surface area contributed by atoms with Gasteiger partial charge in [-0.25, -0.2) is 4.79 Å². The van der Waals surface area contributed by atoms with Crippen LogP contribution in [0.2, 0.25) is 0 Å². The molecule has 4 rings (SSSR count). The molecule has 1 spiro atoms. The summed E-state index contributed by atoms with van der Waals surface area (Å²) in [6.45, 7) is 0.681. The number of amides is 3. The fourth-order valence-corrected chi connectivity index (χ4v) is 4.61. The van der Waals surface area contributed by atoms with Crippen molar-refractivity contribution in [2.24, 2.45) is 11.1 Å². The van der Waals surface area contributed by atoms with Crippen LogP contribution in [0.15, 0.2) is 0 Å². The van der Waals surface area contributed by atoms with Crippen molar-refractivity contribution in [1.29, 1.82) is 0 Å². The summed E-state index contributed by atoms with van der Waals surface area (Å²) in [6.07, 6.45) is 6.03. The van der Waals surface area contributed by atoms with Gasteiger partial charge in [0.05, 0.1) is 0 Å². The first-order chi connectivity index (χ1) is 9.55. The fraction of sp³-hybridized carbons (Fsp3) is 0.857. The predicted octanol–water partition coefficient (Wildman–Crippen LogP) is -0.0713. The van der Waals surface area contributed by atoms with Gasteiger partial charge in [0.1, 0.15) is 6.04 Å². The summed E-state index contributed by atoms with van der Waals surface area (Å²) in [5.41, 5.74) is 6.28. The molecule has 0 aromatic carbocycles. The molecule has 3 amide bonds. The topological polar surface area (TPSA) is 87.5 Å². The van der Waals surface area contributed by atoms with Gasteiger partial charge >= 0.3 is 6.03 Å². The molecule has 0 aromatic rings. The number of hydrogen-bond acceptors (Lipinski definition) is 3. The van der Waals surface area contributed by atoms with Gasteiger partial charge in [0.25, 0.3) is 0 Å². The van der Waals surface area contributed by atoms with Crippen molar-refractivity contribution < 1.29 is 9.59 Å². The van der Waals surface area contributed by atoms with Crippen LogP contribution in [-0.2, 0) is 4.79 Å². The second-order valence-corrected chi connectivity index (χ2v) is 7.17. The Morgan fingerprint density at radius 1 is 1.30 bits per heavy atom. The molecule has 2 bridgehead atoms. The minimum atomic E-state index is -0.269. The van der Waals surface area contributed by atoms with E-state index in [1.807, 2.05) is 0 Å². The number of nitrogens with two attached hydrogens (primary N) is 1. The van der Waals surface area contributed by atoms with Crippen molar-refractivity contribution in [1.82, 2.24) is 15.5 Å². The van der Waals surface area contributed by atoms with E-state index in [2.05, 4.69) is 10.6 Å². The molecule has 0 aromatic heterocycles. The Hall–Kier alpha value is -1.30. The summed E-state index contributed by atoms with van der Waals surface area (Å²) >= 11 is 0. The zero-order valence-corrected chi connectivity index (χ0v) is 11.6. The monoisotopic (exact) mass is 278 g/mol. The number of urea groups is 1. The molecule has 4 fully saturated rings. The summed E-state index contributed by atoms with van der Waals surface area (Å²) < 4.78 is 0. The molecule has 2 aliphatic carbocycles. The van der Waals surface area contributed by atoms with Gasteiger partial charge in [0.15, 0.2) is 0 Å². The van der Waals surface area contributed by atoms with Crippen LogP contribution in [0.4, 0.5) is 4.79 Å². The maximum absolute atomic E-state index is 12.4. The lowest BCUT2D eigenvalue weighted by molar-refractivity contribution is -0.129. The van der Waals surface area contributed by atoms with E-state index in [-0.39, 0.29) is 24.0 Å². The molecule has 2 aliphatic heterocycles. The summed E-state index contributed by atoms with van der Waals surface area (Å²) in [6, 6.07) is 0.556. The number of rotatable bonds is 2. The molecule has 20 heavy (non-hydrogen) atoms. The van der Waals surface area contributed by atoms with Crippen molar-refractivity contribution >= 4 is 11.9 Å². The molecule has 4 aliphatic rings. The first-order valence-electron chi connectivity index (χ1n) is 7.68. The molecule has 2 unspecified atom stereocenters. The average molecular weight is 278 g/mol. The third-order valence-corrected chi connectivity index (χ3v) is 5.57. The Bertz CT molecular complexity index is 452. The van der Waals surface area contributed by atoms with E-state index in [0.29, 0.717) is 24.0 Å². The lowest BCUT2D eigenvalue weighted by atomic mass is 9.52. The molecule has 4 N–H and O–H groups in total. The standard InChI is InChI=1S/C14H22N4O2/c15-8-3-14(4-8)5-10(6-14)16-12(19)11-2-1-9-7-18(11)13(20)17-9/h8-11H,1-7,15H2,(H,16,19)(H,17,20). The van der Waals surface area contributed by atoms with E-state index in [1.54, 1.807) is 4.90 Å². The molecular formula is C14H22N4O2. The van der Waals surface area contributed by atoms with Crippen LogP contribution in [0.3, 0.4) is 0 Å². The van der Waals surface area contributed by atoms with Crippen LogP contribution in [0.5, 0.6) is 0 Å². The minimum absolute atomic E-state index is 0.0315. The molecule has 6 heteroatoms. The van der Waals surface area contributed by atoms with Crippen LogP contribution in [0.1, 0.15) is 38.5 Å². The minimum Gasteiger partial charge on any atom is -0.352 e. The largest absolute Gasteiger partial charge is 0.352 e. The molecule has 110 valence electrons. The second kappa shape index (κ2) is 4.10. The van der Waals surface area contributed by atoms with Gasteiger partial charge in [0.2, 0.25) is 5.91 Å². The highest BCUT2D eigenvalue weighted by Gasteiger charge is 2.52. The maximum atomic E-state index is 12.4. The smallest absolute Gasteiger partial charge is 0.318 e. The Morgan fingerprint density at radius 3 is 2.75 bits per heavy atom. The van der Waals surface area contributed by atoms with Crippen LogP contribution in [-0.4, -0.2) is 47.6 Å². The molecule has 2 saturated heterocycles. The van der Waals surface area contributed by atoms with Gasteiger partial charge in [-0.05, 0) is 43.9 Å². The first-order valence-corrected chi connectivity index (χ1v) is 7.68. The Labute approximate surface area is 118 Å². The van der Waals surface area contributed by atoms with Gasteiger partial charge < -0.3 is 21.3 Å². The van der Waals surface area contributed by atoms with E-state index in [9.17, 15) is 9.59 Å². The molecule has 2 saturated carbocycles. The second-order valence-electron chi connectivity index (χ2n) is 7.17. The number of nitrogens with one attached hydrogen (secondary N) is 2. The zero-order chi connectivity index (χ0) is 13.9. The van der Waals surface area contributed by atoms with Gasteiger partial charge in [-0.3, -0.25) is 4.79 Å². The van der Waals surface area contributed by atoms with Crippen LogP contribution in [0.25, 0.3) is 0 Å². The highest BCUT2D eigenvalue weighted by molar-refractivity contribution is 5.89. The van der Waals surface area contributed by atoms with Crippen molar-refractivity contribution in [2.75, 3.05) is 6.54 Å². The Morgan fingerprint density at radius 2 is 2.05 bits per heavy atom. The summed E-state index contributed by atoms with van der Waals surface area (Å²) in [4.78, 5) is 25.8. The molecular weight excluding hydrogens is 256 g/mol. The van der Waals surface area contributed by atoms with Crippen LogP contribution < -0.4 is 16.4 Å². The van der Waals surface area contributed by atoms with Gasteiger partial charge in [-0.1, -0.05) is 0 Å². The number of nitrogens with zero attached hydrogens (tertiary/aromatic N) is 1. The van der Waals surface area contributed by atoms with Crippen LogP contribution >= 0.6 is 0 Å². The van der Waals surface area contributed by atoms with Crippen LogP contribution in [0, 0.1) is 5.41 Å². The quantitative estimate of drug-likeness (QED) is 0.660. The zero-order valence-electron chi connectivity index (χ0n) is 11.6. The normalized spacial score (nSPS) is 45.6. The van der Waals surface area contributed by atoms with Gasteiger partial charge in [-0.2, -0.15) is 0 Å². The van der Waals surface area contributed by atoms with Crippen molar-refractivity contribution in [2.45, 2.75) is 62.7 Å². The molecule has 0 radical (unpaired) electrons. The summed E-state index contributed by atoms with van der Waals surface area (Å²) in [7, 11) is 0. The molecule has 2 heterocycles. The number of fused-ring (bicyclic) bond motifs is 2. The predicted molar refractivity (Wildman–Crippen MR) is 72.9 cm³/mol. The van der Waals surface area contributed by atoms with E-state index >= 15 is 0 Å². The summed E-state index contributed by atoms with van der Waals surface area (Å²) in [5.74, 6) is 0.0315. The van der Waals surface area contributed by atoms with Crippen molar-refractivity contribution in [3.63, 3.8) is 0 Å². The third kappa shape index (κ3) is 1.81. The molecule has 6 nitrogen and oxygen atoms in total. The van der Waals surface area contributed by atoms with E-state index in [0.717, 1.165) is 38.5 Å². The SMILES string of the molecule is NC1CC2(C1)CC(NC(=O)C1CCC3CN1C(=O)N3)C2. The van der Waals surface area contributed by atoms with Crippen molar-refractivity contribution in [3.8, 4) is 0 Å². The molecule has 2 atom stereocenters. The third-order valence-electron chi connectivity index (χ3n) is 5.57. The van der Waals surface area contributed by atoms with E-state index < -0.39 is 0 Å². The number of piperidine rings is 1. The average Bonchev–Trinajstić information content (AvgIpc) is 2.60. The number of carbonyl (C=O) groups excluding carboxylic acids is 2. The maximum Gasteiger partial charge on any atom is 0.318 e. The summed E-state index contributed by atoms with van der Waals surface area (Å²) in [5, 5.41) is 6.04. The Balaban J connectivity index is 1.32. The fourth-order valence-electron chi connectivity index (χ4n) is 4.61. The number of hydrogen-bond donors (Lipinski definition) is 3. The highest BCUT2D eigenvalue weighted by Crippen LogP contribution is 2.55. The first kappa shape index (κ1) is 12.4. The van der Waals surface area contributed by atoms with Gasteiger partial charge in [0, 0.05) is 24.7 Å². The number of carbonyl (C=O) groups is 2. The lowest BCUT2D eigenvalue weighted by Gasteiger charge is -2.57. The lowest BCUT2D eigenvalue weighted by Crippen LogP contribution is -2.61. The van der Waals surface area contributed by atoms with E-state index in [1.165, 1.54) is 0 Å². The van der Waals surface area contributed by atoms with E-state index in [4.69, 9.17) is 5.73 Å². The van der Waals surface area contributed by atoms with Gasteiger partial charge in [-0.15, -0.1) is 0 Å².